The van der Waals surface area contributed by atoms with Crippen molar-refractivity contribution in [3.05, 3.63) is 86.8 Å². The quantitative estimate of drug-likeness (QED) is 0.153. The van der Waals surface area contributed by atoms with Gasteiger partial charge in [-0.15, -0.1) is 0 Å². The Bertz CT molecular complexity index is 1280. The SMILES string of the molecule is COc1cc(/C=N\NC(=O)C(=O)Nc2cccc(Cl)c2C)ccc1OC(=O)c1cccc(Br)c1. The maximum absolute atomic E-state index is 12.4. The molecule has 174 valence electrons. The first-order valence-corrected chi connectivity index (χ1v) is 11.0. The van der Waals surface area contributed by atoms with Gasteiger partial charge in [0.2, 0.25) is 0 Å². The molecule has 0 aliphatic heterocycles. The minimum Gasteiger partial charge on any atom is -0.493 e. The highest BCUT2D eigenvalue weighted by atomic mass is 79.9. The van der Waals surface area contributed by atoms with E-state index in [1.165, 1.54) is 19.4 Å². The molecule has 34 heavy (non-hydrogen) atoms. The van der Waals surface area contributed by atoms with E-state index in [4.69, 9.17) is 21.1 Å². The molecule has 0 unspecified atom stereocenters. The molecule has 0 radical (unpaired) electrons. The van der Waals surface area contributed by atoms with Gasteiger partial charge in [-0.05, 0) is 66.6 Å². The summed E-state index contributed by atoms with van der Waals surface area (Å²) in [4.78, 5) is 36.5. The molecular weight excluding hydrogens is 526 g/mol. The molecule has 3 rings (SSSR count). The molecule has 3 aromatic rings. The fraction of sp³-hybridized carbons (Fsp3) is 0.0833. The van der Waals surface area contributed by atoms with Crippen molar-refractivity contribution in [3.63, 3.8) is 0 Å². The molecular formula is C24H19BrClN3O5. The Morgan fingerprint density at radius 2 is 1.76 bits per heavy atom. The number of methoxy groups -OCH3 is 1. The van der Waals surface area contributed by atoms with Gasteiger partial charge in [0, 0.05) is 15.2 Å². The Hall–Kier alpha value is -3.69. The number of ether oxygens (including phenoxy) is 2. The highest BCUT2D eigenvalue weighted by molar-refractivity contribution is 9.10. The summed E-state index contributed by atoms with van der Waals surface area (Å²) in [5.74, 6) is -1.90. The topological polar surface area (TPSA) is 106 Å². The minimum atomic E-state index is -0.956. The average molecular weight is 545 g/mol. The zero-order valence-electron chi connectivity index (χ0n) is 18.1. The second kappa shape index (κ2) is 11.4. The van der Waals surface area contributed by atoms with Crippen molar-refractivity contribution in [2.24, 2.45) is 5.10 Å². The number of hydrogen-bond acceptors (Lipinski definition) is 6. The third kappa shape index (κ3) is 6.43. The minimum absolute atomic E-state index is 0.213. The van der Waals surface area contributed by atoms with Crippen LogP contribution in [0.3, 0.4) is 0 Å². The Labute approximate surface area is 209 Å². The van der Waals surface area contributed by atoms with Crippen LogP contribution in [0, 0.1) is 6.92 Å². The van der Waals surface area contributed by atoms with Crippen LogP contribution in [0.4, 0.5) is 5.69 Å². The summed E-state index contributed by atoms with van der Waals surface area (Å²) >= 11 is 9.33. The first-order valence-electron chi connectivity index (χ1n) is 9.83. The second-order valence-corrected chi connectivity index (χ2v) is 8.20. The van der Waals surface area contributed by atoms with E-state index in [1.54, 1.807) is 61.5 Å². The normalized spacial score (nSPS) is 10.6. The van der Waals surface area contributed by atoms with E-state index in [1.807, 2.05) is 0 Å². The van der Waals surface area contributed by atoms with Crippen LogP contribution in [-0.2, 0) is 9.59 Å². The van der Waals surface area contributed by atoms with Crippen LogP contribution in [0.15, 0.2) is 70.2 Å². The molecule has 0 spiro atoms. The third-order valence-corrected chi connectivity index (χ3v) is 5.46. The van der Waals surface area contributed by atoms with Crippen molar-refractivity contribution in [1.29, 1.82) is 0 Å². The Kier molecular flexibility index (Phi) is 8.39. The van der Waals surface area contributed by atoms with Crippen molar-refractivity contribution < 1.29 is 23.9 Å². The lowest BCUT2D eigenvalue weighted by Crippen LogP contribution is -2.32. The Morgan fingerprint density at radius 3 is 2.50 bits per heavy atom. The van der Waals surface area contributed by atoms with E-state index in [-0.39, 0.29) is 11.5 Å². The van der Waals surface area contributed by atoms with Crippen molar-refractivity contribution in [3.8, 4) is 11.5 Å². The van der Waals surface area contributed by atoms with Crippen LogP contribution in [0.25, 0.3) is 0 Å². The van der Waals surface area contributed by atoms with Gasteiger partial charge in [0.05, 0.1) is 18.9 Å². The molecule has 0 bridgehead atoms. The molecule has 0 fully saturated rings. The number of rotatable bonds is 6. The molecule has 8 nitrogen and oxygen atoms in total. The zero-order chi connectivity index (χ0) is 24.7. The molecule has 0 aromatic heterocycles. The van der Waals surface area contributed by atoms with E-state index in [0.29, 0.717) is 27.4 Å². The summed E-state index contributed by atoms with van der Waals surface area (Å²) in [5, 5.41) is 6.74. The molecule has 10 heteroatoms. The molecule has 0 heterocycles. The fourth-order valence-electron chi connectivity index (χ4n) is 2.76. The van der Waals surface area contributed by atoms with E-state index >= 15 is 0 Å². The maximum Gasteiger partial charge on any atom is 0.343 e. The van der Waals surface area contributed by atoms with Crippen molar-refractivity contribution >= 4 is 57.2 Å². The predicted molar refractivity (Wildman–Crippen MR) is 133 cm³/mol. The van der Waals surface area contributed by atoms with Gasteiger partial charge in [-0.3, -0.25) is 9.59 Å². The average Bonchev–Trinajstić information content (AvgIpc) is 2.82. The molecule has 2 N–H and O–H groups in total. The van der Waals surface area contributed by atoms with Gasteiger partial charge >= 0.3 is 17.8 Å². The molecule has 0 saturated heterocycles. The van der Waals surface area contributed by atoms with Gasteiger partial charge in [-0.2, -0.15) is 5.10 Å². The number of anilines is 1. The largest absolute Gasteiger partial charge is 0.493 e. The summed E-state index contributed by atoms with van der Waals surface area (Å²) in [6, 6.07) is 16.5. The summed E-state index contributed by atoms with van der Waals surface area (Å²) in [5.41, 5.74) is 4.12. The van der Waals surface area contributed by atoms with Crippen LogP contribution >= 0.6 is 27.5 Å². The number of carbonyl (C=O) groups is 3. The highest BCUT2D eigenvalue weighted by Crippen LogP contribution is 2.28. The maximum atomic E-state index is 12.4. The molecule has 0 atom stereocenters. The lowest BCUT2D eigenvalue weighted by Gasteiger charge is -2.10. The van der Waals surface area contributed by atoms with Gasteiger partial charge in [0.25, 0.3) is 0 Å². The van der Waals surface area contributed by atoms with E-state index in [9.17, 15) is 14.4 Å². The van der Waals surface area contributed by atoms with Crippen LogP contribution < -0.4 is 20.2 Å². The smallest absolute Gasteiger partial charge is 0.343 e. The highest BCUT2D eigenvalue weighted by Gasteiger charge is 2.15. The number of esters is 1. The number of benzene rings is 3. The summed E-state index contributed by atoms with van der Waals surface area (Å²) in [6.07, 6.45) is 1.32. The number of hydrogen-bond donors (Lipinski definition) is 2. The first-order chi connectivity index (χ1) is 16.3. The van der Waals surface area contributed by atoms with Crippen LogP contribution in [0.1, 0.15) is 21.5 Å². The monoisotopic (exact) mass is 543 g/mol. The summed E-state index contributed by atoms with van der Waals surface area (Å²) < 4.78 is 11.5. The predicted octanol–water partition coefficient (Wildman–Crippen LogP) is 4.73. The number of amides is 2. The second-order valence-electron chi connectivity index (χ2n) is 6.88. The fourth-order valence-corrected chi connectivity index (χ4v) is 3.33. The van der Waals surface area contributed by atoms with Crippen molar-refractivity contribution in [2.75, 3.05) is 12.4 Å². The Morgan fingerprint density at radius 1 is 1.00 bits per heavy atom. The van der Waals surface area contributed by atoms with E-state index < -0.39 is 17.8 Å². The number of halogens is 2. The zero-order valence-corrected chi connectivity index (χ0v) is 20.4. The van der Waals surface area contributed by atoms with Crippen molar-refractivity contribution in [1.82, 2.24) is 5.43 Å². The Balaban J connectivity index is 1.62. The lowest BCUT2D eigenvalue weighted by atomic mass is 10.2. The number of hydrazone groups is 1. The number of carbonyl (C=O) groups excluding carboxylic acids is 3. The van der Waals surface area contributed by atoms with Crippen LogP contribution in [-0.4, -0.2) is 31.1 Å². The van der Waals surface area contributed by atoms with Gasteiger partial charge in [-0.25, -0.2) is 10.2 Å². The van der Waals surface area contributed by atoms with Gasteiger partial charge in [0.15, 0.2) is 11.5 Å². The number of nitrogens with zero attached hydrogens (tertiary/aromatic N) is 1. The van der Waals surface area contributed by atoms with Gasteiger partial charge < -0.3 is 14.8 Å². The summed E-state index contributed by atoms with van der Waals surface area (Å²) in [6.45, 7) is 1.72. The molecule has 0 aliphatic rings. The van der Waals surface area contributed by atoms with Crippen molar-refractivity contribution in [2.45, 2.75) is 6.92 Å². The van der Waals surface area contributed by atoms with Crippen LogP contribution in [0.5, 0.6) is 11.5 Å². The standard InChI is InChI=1S/C24H19BrClN3O5/c1-14-18(26)7-4-8-19(14)28-22(30)23(31)29-27-13-15-9-10-20(21(11-15)33-2)34-24(32)16-5-3-6-17(25)12-16/h3-13H,1-2H3,(H,28,30)(H,29,31)/b27-13-. The van der Waals surface area contributed by atoms with Gasteiger partial charge in [0.1, 0.15) is 0 Å². The molecule has 0 aliphatic carbocycles. The summed E-state index contributed by atoms with van der Waals surface area (Å²) in [7, 11) is 1.43. The number of nitrogens with one attached hydrogen (secondary N) is 2. The molecule has 3 aromatic carbocycles. The lowest BCUT2D eigenvalue weighted by molar-refractivity contribution is -0.136. The van der Waals surface area contributed by atoms with Gasteiger partial charge in [-0.1, -0.05) is 39.7 Å². The van der Waals surface area contributed by atoms with E-state index in [0.717, 1.165) is 4.47 Å². The third-order valence-electron chi connectivity index (χ3n) is 4.55. The molecule has 0 saturated carbocycles. The molecule has 2 amide bonds. The van der Waals surface area contributed by atoms with E-state index in [2.05, 4.69) is 31.8 Å². The van der Waals surface area contributed by atoms with Crippen LogP contribution in [0.2, 0.25) is 5.02 Å². The first kappa shape index (κ1) is 24.9.